The molecule has 3 rings (SSSR count). The highest BCUT2D eigenvalue weighted by atomic mass is 16.1. The van der Waals surface area contributed by atoms with Gasteiger partial charge in [0.25, 0.3) is 0 Å². The lowest BCUT2D eigenvalue weighted by Gasteiger charge is -2.08. The first-order valence-electron chi connectivity index (χ1n) is 7.55. The lowest BCUT2D eigenvalue weighted by atomic mass is 10.1. The van der Waals surface area contributed by atoms with Crippen LogP contribution in [-0.4, -0.2) is 15.8 Å². The second-order valence-corrected chi connectivity index (χ2v) is 5.39. The summed E-state index contributed by atoms with van der Waals surface area (Å²) in [6, 6.07) is 17.1. The van der Waals surface area contributed by atoms with Crippen molar-refractivity contribution in [3.63, 3.8) is 0 Å². The number of aromatic amines is 1. The molecule has 24 heavy (non-hydrogen) atoms. The summed E-state index contributed by atoms with van der Waals surface area (Å²) >= 11 is 0. The molecule has 0 atom stereocenters. The molecule has 0 aliphatic rings. The average molecular weight is 316 g/mol. The van der Waals surface area contributed by atoms with E-state index in [1.807, 2.05) is 30.3 Å². The van der Waals surface area contributed by atoms with E-state index in [1.54, 1.807) is 24.4 Å². The quantitative estimate of drug-likeness (QED) is 0.702. The third-order valence-electron chi connectivity index (χ3n) is 3.71. The summed E-state index contributed by atoms with van der Waals surface area (Å²) in [6.07, 6.45) is 1.78. The number of anilines is 1. The van der Waals surface area contributed by atoms with E-state index in [2.05, 4.69) is 21.4 Å². The number of carbonyl (C=O) groups excluding carboxylic acids is 1. The van der Waals surface area contributed by atoms with Crippen LogP contribution in [0.4, 0.5) is 5.69 Å². The minimum Gasteiger partial charge on any atom is -0.377 e. The van der Waals surface area contributed by atoms with Crippen LogP contribution >= 0.6 is 0 Å². The number of rotatable bonds is 5. The van der Waals surface area contributed by atoms with Gasteiger partial charge in [0.05, 0.1) is 29.7 Å². The highest BCUT2D eigenvalue weighted by Crippen LogP contribution is 2.20. The van der Waals surface area contributed by atoms with Gasteiger partial charge in [-0.3, -0.25) is 4.79 Å². The van der Waals surface area contributed by atoms with Crippen molar-refractivity contribution >= 4 is 11.5 Å². The van der Waals surface area contributed by atoms with Gasteiger partial charge in [-0.2, -0.15) is 5.26 Å². The Bertz CT molecular complexity index is 907. The Labute approximate surface area is 140 Å². The standard InChI is InChI=1S/C19H16N4O/c1-13(24)15-7-8-16(10-20)17(9-15)21-12-19-22-11-18(23-19)14-5-3-2-4-6-14/h2-9,11,21H,12H2,1H3,(H,22,23). The predicted octanol–water partition coefficient (Wildman–Crippen LogP) is 3.76. The van der Waals surface area contributed by atoms with Crippen LogP contribution in [0.3, 0.4) is 0 Å². The van der Waals surface area contributed by atoms with Gasteiger partial charge in [-0.1, -0.05) is 30.3 Å². The fraction of sp³-hybridized carbons (Fsp3) is 0.105. The summed E-state index contributed by atoms with van der Waals surface area (Å²) in [5.41, 5.74) is 3.69. The second kappa shape index (κ2) is 6.80. The monoisotopic (exact) mass is 316 g/mol. The van der Waals surface area contributed by atoms with Gasteiger partial charge >= 0.3 is 0 Å². The summed E-state index contributed by atoms with van der Waals surface area (Å²) in [5, 5.41) is 12.4. The number of imidazole rings is 1. The van der Waals surface area contributed by atoms with Gasteiger partial charge in [-0.15, -0.1) is 0 Å². The summed E-state index contributed by atoms with van der Waals surface area (Å²) in [7, 11) is 0. The highest BCUT2D eigenvalue weighted by Gasteiger charge is 2.08. The molecular formula is C19H16N4O. The third-order valence-corrected chi connectivity index (χ3v) is 3.71. The van der Waals surface area contributed by atoms with Gasteiger partial charge in [0.1, 0.15) is 11.9 Å². The van der Waals surface area contributed by atoms with Crippen molar-refractivity contribution in [2.24, 2.45) is 0 Å². The first-order valence-corrected chi connectivity index (χ1v) is 7.55. The van der Waals surface area contributed by atoms with Crippen molar-refractivity contribution in [2.75, 3.05) is 5.32 Å². The Morgan fingerprint density at radius 2 is 2.04 bits per heavy atom. The summed E-state index contributed by atoms with van der Waals surface area (Å²) in [5.74, 6) is 0.720. The van der Waals surface area contributed by atoms with Crippen LogP contribution in [0.15, 0.2) is 54.7 Å². The van der Waals surface area contributed by atoms with Crippen LogP contribution in [-0.2, 0) is 6.54 Å². The number of nitriles is 1. The van der Waals surface area contributed by atoms with Crippen LogP contribution < -0.4 is 5.32 Å². The van der Waals surface area contributed by atoms with Gasteiger partial charge in [-0.05, 0) is 30.7 Å². The van der Waals surface area contributed by atoms with E-state index >= 15 is 0 Å². The zero-order valence-corrected chi connectivity index (χ0v) is 13.2. The van der Waals surface area contributed by atoms with E-state index in [4.69, 9.17) is 0 Å². The zero-order chi connectivity index (χ0) is 16.9. The number of H-pyrrole nitrogens is 1. The normalized spacial score (nSPS) is 10.2. The minimum absolute atomic E-state index is 0.0353. The summed E-state index contributed by atoms with van der Waals surface area (Å²) < 4.78 is 0. The van der Waals surface area contributed by atoms with Gasteiger partial charge in [0, 0.05) is 5.56 Å². The molecule has 0 saturated heterocycles. The first kappa shape index (κ1) is 15.5. The van der Waals surface area contributed by atoms with Crippen LogP contribution in [0.1, 0.15) is 28.7 Å². The number of hydrogen-bond donors (Lipinski definition) is 2. The molecule has 0 unspecified atom stereocenters. The molecule has 1 heterocycles. The number of aromatic nitrogens is 2. The Balaban J connectivity index is 1.77. The molecule has 0 amide bonds. The van der Waals surface area contributed by atoms with E-state index in [0.717, 1.165) is 17.1 Å². The van der Waals surface area contributed by atoms with Gasteiger partial charge in [0.2, 0.25) is 0 Å². The van der Waals surface area contributed by atoms with E-state index in [0.29, 0.717) is 23.4 Å². The Morgan fingerprint density at radius 1 is 1.25 bits per heavy atom. The maximum Gasteiger partial charge on any atom is 0.159 e. The second-order valence-electron chi connectivity index (χ2n) is 5.39. The number of ketones is 1. The fourth-order valence-corrected chi connectivity index (χ4v) is 2.40. The molecule has 0 spiro atoms. The molecule has 0 saturated carbocycles. The number of nitrogens with one attached hydrogen (secondary N) is 2. The Hall–Kier alpha value is -3.39. The lowest BCUT2D eigenvalue weighted by molar-refractivity contribution is 0.101. The smallest absolute Gasteiger partial charge is 0.159 e. The predicted molar refractivity (Wildman–Crippen MR) is 92.5 cm³/mol. The minimum atomic E-state index is -0.0353. The first-order chi connectivity index (χ1) is 11.7. The molecule has 0 bridgehead atoms. The molecule has 0 aliphatic carbocycles. The fourth-order valence-electron chi connectivity index (χ4n) is 2.40. The molecule has 0 aliphatic heterocycles. The van der Waals surface area contributed by atoms with Gasteiger partial charge in [-0.25, -0.2) is 4.98 Å². The molecule has 1 aromatic heterocycles. The SMILES string of the molecule is CC(=O)c1ccc(C#N)c(NCc2ncc(-c3ccccc3)[nH]2)c1. The van der Waals surface area contributed by atoms with Crippen molar-refractivity contribution in [1.82, 2.24) is 9.97 Å². The van der Waals surface area contributed by atoms with Crippen molar-refractivity contribution < 1.29 is 4.79 Å². The van der Waals surface area contributed by atoms with Crippen LogP contribution in [0, 0.1) is 11.3 Å². The lowest BCUT2D eigenvalue weighted by Crippen LogP contribution is -2.04. The van der Waals surface area contributed by atoms with Gasteiger partial charge in [0.15, 0.2) is 5.78 Å². The third kappa shape index (κ3) is 3.33. The molecule has 0 fully saturated rings. The van der Waals surface area contributed by atoms with Crippen LogP contribution in [0.25, 0.3) is 11.3 Å². The summed E-state index contributed by atoms with van der Waals surface area (Å²) in [4.78, 5) is 19.1. The maximum absolute atomic E-state index is 11.5. The number of hydrogen-bond acceptors (Lipinski definition) is 4. The van der Waals surface area contributed by atoms with Crippen molar-refractivity contribution in [3.8, 4) is 17.3 Å². The van der Waals surface area contributed by atoms with Crippen molar-refractivity contribution in [3.05, 3.63) is 71.7 Å². The molecular weight excluding hydrogens is 300 g/mol. The van der Waals surface area contributed by atoms with E-state index in [1.165, 1.54) is 6.92 Å². The Morgan fingerprint density at radius 3 is 2.75 bits per heavy atom. The number of nitrogens with zero attached hydrogens (tertiary/aromatic N) is 2. The molecule has 5 nitrogen and oxygen atoms in total. The van der Waals surface area contributed by atoms with Crippen molar-refractivity contribution in [1.29, 1.82) is 5.26 Å². The van der Waals surface area contributed by atoms with E-state index in [9.17, 15) is 10.1 Å². The molecule has 2 aromatic carbocycles. The summed E-state index contributed by atoms with van der Waals surface area (Å²) in [6.45, 7) is 1.94. The van der Waals surface area contributed by atoms with Crippen LogP contribution in [0.5, 0.6) is 0 Å². The average Bonchev–Trinajstić information content (AvgIpc) is 3.09. The molecule has 118 valence electrons. The Kier molecular flexibility index (Phi) is 4.39. The largest absolute Gasteiger partial charge is 0.377 e. The highest BCUT2D eigenvalue weighted by molar-refractivity contribution is 5.95. The molecule has 5 heteroatoms. The van der Waals surface area contributed by atoms with E-state index in [-0.39, 0.29) is 5.78 Å². The topological polar surface area (TPSA) is 81.6 Å². The van der Waals surface area contributed by atoms with Gasteiger partial charge < -0.3 is 10.3 Å². The number of carbonyl (C=O) groups is 1. The molecule has 3 aromatic rings. The van der Waals surface area contributed by atoms with E-state index < -0.39 is 0 Å². The molecule has 0 radical (unpaired) electrons. The van der Waals surface area contributed by atoms with Crippen LogP contribution in [0.2, 0.25) is 0 Å². The number of Topliss-reactive ketones (excluding diaryl/α,β-unsaturated/α-hetero) is 1. The zero-order valence-electron chi connectivity index (χ0n) is 13.2. The number of benzene rings is 2. The van der Waals surface area contributed by atoms with Crippen molar-refractivity contribution in [2.45, 2.75) is 13.5 Å². The maximum atomic E-state index is 11.5. The molecule has 2 N–H and O–H groups in total.